The maximum absolute atomic E-state index is 10.4. The Balaban J connectivity index is 2.84. The molecule has 0 aliphatic rings. The van der Waals surface area contributed by atoms with Gasteiger partial charge in [-0.2, -0.15) is 0 Å². The van der Waals surface area contributed by atoms with Crippen molar-refractivity contribution in [1.29, 1.82) is 0 Å². The van der Waals surface area contributed by atoms with Crippen molar-refractivity contribution >= 4 is 5.97 Å². The predicted octanol–water partition coefficient (Wildman–Crippen LogP) is 1.51. The Hall–Kier alpha value is -1.35. The van der Waals surface area contributed by atoms with E-state index in [9.17, 15) is 4.79 Å². The zero-order valence-electron chi connectivity index (χ0n) is 8.45. The summed E-state index contributed by atoms with van der Waals surface area (Å²) >= 11 is 0. The van der Waals surface area contributed by atoms with E-state index >= 15 is 0 Å². The number of hydrogen-bond donors (Lipinski definition) is 2. The molecule has 0 aromatic heterocycles. The minimum atomic E-state index is -0.815. The quantitative estimate of drug-likeness (QED) is 0.764. The van der Waals surface area contributed by atoms with Crippen molar-refractivity contribution < 1.29 is 9.90 Å². The van der Waals surface area contributed by atoms with E-state index in [-0.39, 0.29) is 12.0 Å². The molecule has 1 rings (SSSR count). The first-order valence-electron chi connectivity index (χ1n) is 4.49. The molecule has 1 aromatic rings. The van der Waals surface area contributed by atoms with Gasteiger partial charge in [-0.15, -0.1) is 0 Å². The van der Waals surface area contributed by atoms with Crippen LogP contribution in [0.2, 0.25) is 0 Å². The van der Waals surface area contributed by atoms with Crippen LogP contribution in [0.15, 0.2) is 24.3 Å². The zero-order chi connectivity index (χ0) is 10.8. The summed E-state index contributed by atoms with van der Waals surface area (Å²) < 4.78 is 0. The van der Waals surface area contributed by atoms with E-state index in [0.717, 1.165) is 11.1 Å². The molecule has 14 heavy (non-hydrogen) atoms. The fraction of sp³-hybridized carbons (Fsp3) is 0.364. The van der Waals surface area contributed by atoms with Crippen LogP contribution in [-0.2, 0) is 16.8 Å². The highest BCUT2D eigenvalue weighted by molar-refractivity contribution is 5.70. The fourth-order valence-electron chi connectivity index (χ4n) is 1.23. The molecular formula is C11H15NO2. The molecular weight excluding hydrogens is 178 g/mol. The van der Waals surface area contributed by atoms with Gasteiger partial charge in [-0.25, -0.2) is 0 Å². The maximum atomic E-state index is 10.4. The third-order valence-electron chi connectivity index (χ3n) is 2.05. The maximum Gasteiger partial charge on any atom is 0.307 e. The number of aliphatic carboxylic acids is 1. The lowest BCUT2D eigenvalue weighted by Gasteiger charge is -2.19. The Kier molecular flexibility index (Phi) is 2.91. The summed E-state index contributed by atoms with van der Waals surface area (Å²) in [5, 5.41) is 8.57. The Morgan fingerprint density at radius 2 is 1.86 bits per heavy atom. The number of hydrogen-bond acceptors (Lipinski definition) is 2. The summed E-state index contributed by atoms with van der Waals surface area (Å²) in [6.07, 6.45) is 0.0608. The van der Waals surface area contributed by atoms with E-state index in [1.165, 1.54) is 0 Å². The van der Waals surface area contributed by atoms with Crippen LogP contribution >= 0.6 is 0 Å². The summed E-state index contributed by atoms with van der Waals surface area (Å²) in [4.78, 5) is 10.4. The van der Waals surface area contributed by atoms with Gasteiger partial charge in [0.1, 0.15) is 0 Å². The molecule has 0 aliphatic carbocycles. The van der Waals surface area contributed by atoms with Crippen molar-refractivity contribution in [2.24, 2.45) is 5.73 Å². The lowest BCUT2D eigenvalue weighted by atomic mass is 9.94. The minimum absolute atomic E-state index is 0.0608. The molecule has 0 atom stereocenters. The molecule has 0 radical (unpaired) electrons. The average Bonchev–Trinajstić information content (AvgIpc) is 2.02. The highest BCUT2D eigenvalue weighted by Gasteiger charge is 2.13. The molecule has 0 spiro atoms. The second kappa shape index (κ2) is 3.80. The molecule has 3 N–H and O–H groups in total. The van der Waals surface area contributed by atoms with Gasteiger partial charge in [-0.3, -0.25) is 4.79 Å². The third kappa shape index (κ3) is 2.85. The van der Waals surface area contributed by atoms with E-state index in [4.69, 9.17) is 10.8 Å². The van der Waals surface area contributed by atoms with E-state index in [2.05, 4.69) is 0 Å². The number of carboxylic acids is 1. The van der Waals surface area contributed by atoms with Crippen LogP contribution in [0.4, 0.5) is 0 Å². The van der Waals surface area contributed by atoms with Crippen LogP contribution < -0.4 is 5.73 Å². The largest absolute Gasteiger partial charge is 0.481 e. The van der Waals surface area contributed by atoms with Gasteiger partial charge in [0, 0.05) is 5.54 Å². The van der Waals surface area contributed by atoms with Crippen LogP contribution in [0.5, 0.6) is 0 Å². The molecule has 0 aliphatic heterocycles. The second-order valence-corrected chi connectivity index (χ2v) is 3.99. The van der Waals surface area contributed by atoms with Crippen molar-refractivity contribution in [2.75, 3.05) is 0 Å². The molecule has 0 saturated heterocycles. The number of benzene rings is 1. The third-order valence-corrected chi connectivity index (χ3v) is 2.05. The summed E-state index contributed by atoms with van der Waals surface area (Å²) in [6, 6.07) is 7.35. The zero-order valence-corrected chi connectivity index (χ0v) is 8.45. The Morgan fingerprint density at radius 3 is 2.21 bits per heavy atom. The van der Waals surface area contributed by atoms with Gasteiger partial charge in [-0.1, -0.05) is 24.3 Å². The van der Waals surface area contributed by atoms with Gasteiger partial charge in [-0.05, 0) is 25.0 Å². The van der Waals surface area contributed by atoms with Crippen molar-refractivity contribution in [3.05, 3.63) is 35.4 Å². The molecule has 0 unspecified atom stereocenters. The van der Waals surface area contributed by atoms with Crippen molar-refractivity contribution in [3.8, 4) is 0 Å². The van der Waals surface area contributed by atoms with Crippen molar-refractivity contribution in [1.82, 2.24) is 0 Å². The summed E-state index contributed by atoms with van der Waals surface area (Å²) in [5.74, 6) is -0.815. The fourth-order valence-corrected chi connectivity index (χ4v) is 1.23. The normalized spacial score (nSPS) is 11.4. The second-order valence-electron chi connectivity index (χ2n) is 3.99. The average molecular weight is 193 g/mol. The van der Waals surface area contributed by atoms with Crippen LogP contribution in [0, 0.1) is 0 Å². The van der Waals surface area contributed by atoms with E-state index in [0.29, 0.717) is 0 Å². The molecule has 0 heterocycles. The molecule has 0 saturated carbocycles. The SMILES string of the molecule is CC(C)(N)c1ccc(CC(=O)O)cc1. The summed E-state index contributed by atoms with van der Waals surface area (Å²) in [5.41, 5.74) is 7.32. The first kappa shape index (κ1) is 10.7. The molecule has 0 amide bonds. The number of nitrogens with two attached hydrogens (primary N) is 1. The molecule has 76 valence electrons. The van der Waals surface area contributed by atoms with Crippen LogP contribution in [0.3, 0.4) is 0 Å². The van der Waals surface area contributed by atoms with E-state index in [1.54, 1.807) is 12.1 Å². The van der Waals surface area contributed by atoms with Gasteiger partial charge in [0.2, 0.25) is 0 Å². The Morgan fingerprint density at radius 1 is 1.36 bits per heavy atom. The van der Waals surface area contributed by atoms with Crippen LogP contribution in [-0.4, -0.2) is 11.1 Å². The lowest BCUT2D eigenvalue weighted by Crippen LogP contribution is -2.28. The van der Waals surface area contributed by atoms with E-state index < -0.39 is 5.97 Å². The lowest BCUT2D eigenvalue weighted by molar-refractivity contribution is -0.136. The monoisotopic (exact) mass is 193 g/mol. The molecule has 3 nitrogen and oxygen atoms in total. The number of rotatable bonds is 3. The number of carboxylic acid groups (broad SMARTS) is 1. The predicted molar refractivity (Wildman–Crippen MR) is 55.0 cm³/mol. The standard InChI is InChI=1S/C11H15NO2/c1-11(2,12)9-5-3-8(4-6-9)7-10(13)14/h3-6H,7,12H2,1-2H3,(H,13,14). The molecule has 0 bridgehead atoms. The summed E-state index contributed by atoms with van der Waals surface area (Å²) in [7, 11) is 0. The summed E-state index contributed by atoms with van der Waals surface area (Å²) in [6.45, 7) is 3.83. The van der Waals surface area contributed by atoms with E-state index in [1.807, 2.05) is 26.0 Å². The van der Waals surface area contributed by atoms with Gasteiger partial charge in [0.25, 0.3) is 0 Å². The highest BCUT2D eigenvalue weighted by atomic mass is 16.4. The molecule has 1 aromatic carbocycles. The highest BCUT2D eigenvalue weighted by Crippen LogP contribution is 2.17. The first-order valence-corrected chi connectivity index (χ1v) is 4.49. The van der Waals surface area contributed by atoms with Gasteiger partial charge < -0.3 is 10.8 Å². The topological polar surface area (TPSA) is 63.3 Å². The molecule has 3 heteroatoms. The minimum Gasteiger partial charge on any atom is -0.481 e. The smallest absolute Gasteiger partial charge is 0.307 e. The number of carbonyl (C=O) groups is 1. The van der Waals surface area contributed by atoms with Gasteiger partial charge in [0.15, 0.2) is 0 Å². The van der Waals surface area contributed by atoms with Gasteiger partial charge >= 0.3 is 5.97 Å². The molecule has 0 fully saturated rings. The van der Waals surface area contributed by atoms with Crippen molar-refractivity contribution in [3.63, 3.8) is 0 Å². The van der Waals surface area contributed by atoms with Crippen LogP contribution in [0.1, 0.15) is 25.0 Å². The van der Waals surface area contributed by atoms with Gasteiger partial charge in [0.05, 0.1) is 6.42 Å². The Bertz CT molecular complexity index is 322. The van der Waals surface area contributed by atoms with Crippen LogP contribution in [0.25, 0.3) is 0 Å². The first-order chi connectivity index (χ1) is 6.39. The Labute approximate surface area is 83.6 Å². The van der Waals surface area contributed by atoms with Crippen molar-refractivity contribution in [2.45, 2.75) is 25.8 Å².